The maximum absolute atomic E-state index is 13.2. The van der Waals surface area contributed by atoms with Gasteiger partial charge in [0.15, 0.2) is 11.6 Å². The Balaban J connectivity index is 2.31. The van der Waals surface area contributed by atoms with E-state index in [4.69, 9.17) is 10.00 Å². The van der Waals surface area contributed by atoms with Crippen molar-refractivity contribution in [3.63, 3.8) is 0 Å². The third-order valence-corrected chi connectivity index (χ3v) is 2.67. The molecule has 0 bridgehead atoms. The third-order valence-electron chi connectivity index (χ3n) is 2.67. The van der Waals surface area contributed by atoms with Crippen molar-refractivity contribution >= 4 is 0 Å². The van der Waals surface area contributed by atoms with E-state index in [1.165, 1.54) is 12.1 Å². The minimum Gasteiger partial charge on any atom is -0.490 e. The lowest BCUT2D eigenvalue weighted by Gasteiger charge is -2.14. The van der Waals surface area contributed by atoms with E-state index in [0.29, 0.717) is 13.0 Å². The fourth-order valence-electron chi connectivity index (χ4n) is 1.50. The molecule has 1 aromatic carbocycles. The number of halogens is 2. The van der Waals surface area contributed by atoms with Gasteiger partial charge < -0.3 is 4.74 Å². The van der Waals surface area contributed by atoms with Gasteiger partial charge in [-0.05, 0) is 45.2 Å². The first-order valence-corrected chi connectivity index (χ1v) is 5.94. The van der Waals surface area contributed by atoms with Crippen LogP contribution in [0.15, 0.2) is 18.2 Å². The lowest BCUT2D eigenvalue weighted by Crippen LogP contribution is -2.08. The number of hydrogen-bond donors (Lipinski definition) is 0. The van der Waals surface area contributed by atoms with Crippen molar-refractivity contribution in [1.82, 2.24) is 0 Å². The molecule has 0 spiro atoms. The van der Waals surface area contributed by atoms with Gasteiger partial charge in [0.05, 0.1) is 18.1 Å². The number of unbranched alkanes of at least 4 members (excludes halogenated alkanes) is 1. The van der Waals surface area contributed by atoms with E-state index in [9.17, 15) is 8.78 Å². The third kappa shape index (κ3) is 4.33. The van der Waals surface area contributed by atoms with Gasteiger partial charge in [0.2, 0.25) is 5.82 Å². The summed E-state index contributed by atoms with van der Waals surface area (Å²) in [6, 6.07) is 6.08. The van der Waals surface area contributed by atoms with E-state index < -0.39 is 11.6 Å². The minimum absolute atomic E-state index is 0.0606. The molecule has 1 rings (SSSR count). The average Bonchev–Trinajstić information content (AvgIpc) is 2.34. The van der Waals surface area contributed by atoms with Crippen LogP contribution in [0.5, 0.6) is 5.75 Å². The fraction of sp³-hybridized carbons (Fsp3) is 0.500. The Morgan fingerprint density at radius 2 is 2.00 bits per heavy atom. The molecule has 0 aliphatic rings. The summed E-state index contributed by atoms with van der Waals surface area (Å²) in [7, 11) is 0. The number of benzene rings is 1. The van der Waals surface area contributed by atoms with E-state index in [0.717, 1.165) is 18.9 Å². The van der Waals surface area contributed by atoms with Crippen LogP contribution in [-0.4, -0.2) is 6.61 Å². The van der Waals surface area contributed by atoms with Crippen LogP contribution in [0.3, 0.4) is 0 Å². The van der Waals surface area contributed by atoms with Crippen LogP contribution in [0, 0.1) is 28.4 Å². The topological polar surface area (TPSA) is 33.0 Å². The highest BCUT2D eigenvalue weighted by atomic mass is 19.2. The van der Waals surface area contributed by atoms with Crippen molar-refractivity contribution in [2.75, 3.05) is 6.61 Å². The summed E-state index contributed by atoms with van der Waals surface area (Å²) in [6.07, 6.45) is 2.29. The summed E-state index contributed by atoms with van der Waals surface area (Å²) < 4.78 is 31.2. The lowest BCUT2D eigenvalue weighted by molar-refractivity contribution is 0.278. The molecular weight excluding hydrogens is 236 g/mol. The van der Waals surface area contributed by atoms with Gasteiger partial charge >= 0.3 is 0 Å². The number of nitrogens with zero attached hydrogens (tertiary/aromatic N) is 1. The van der Waals surface area contributed by atoms with Crippen LogP contribution < -0.4 is 4.74 Å². The second kappa shape index (κ2) is 6.34. The maximum Gasteiger partial charge on any atom is 0.200 e. The van der Waals surface area contributed by atoms with E-state index in [-0.39, 0.29) is 11.2 Å². The van der Waals surface area contributed by atoms with E-state index >= 15 is 0 Å². The number of nitriles is 1. The van der Waals surface area contributed by atoms with E-state index in [2.05, 4.69) is 6.07 Å². The molecule has 0 aromatic heterocycles. The van der Waals surface area contributed by atoms with Gasteiger partial charge in [-0.3, -0.25) is 0 Å². The zero-order valence-electron chi connectivity index (χ0n) is 10.7. The van der Waals surface area contributed by atoms with Crippen LogP contribution in [0.25, 0.3) is 0 Å². The molecule has 0 aliphatic carbocycles. The molecule has 0 saturated heterocycles. The molecule has 0 radical (unpaired) electrons. The lowest BCUT2D eigenvalue weighted by atomic mass is 9.89. The molecule has 0 fully saturated rings. The molecule has 98 valence electrons. The second-order valence-electron chi connectivity index (χ2n) is 4.85. The molecule has 0 atom stereocenters. The predicted molar refractivity (Wildman–Crippen MR) is 65.1 cm³/mol. The van der Waals surface area contributed by atoms with Gasteiger partial charge in [0.25, 0.3) is 0 Å². The molecule has 0 saturated carbocycles. The highest BCUT2D eigenvalue weighted by molar-refractivity contribution is 5.24. The molecule has 2 nitrogen and oxygen atoms in total. The summed E-state index contributed by atoms with van der Waals surface area (Å²) in [5, 5.41) is 8.82. The van der Waals surface area contributed by atoms with Crippen molar-refractivity contribution in [1.29, 1.82) is 5.26 Å². The fourth-order valence-corrected chi connectivity index (χ4v) is 1.50. The quantitative estimate of drug-likeness (QED) is 0.716. The standard InChI is InChI=1S/C14H17F2NO/c1-14(2,10-17)8-3-4-9-18-12-7-5-6-11(15)13(12)16/h5-7H,3-4,8-9H2,1-2H3. The van der Waals surface area contributed by atoms with Gasteiger partial charge in [0.1, 0.15) is 0 Å². The Bertz CT molecular complexity index is 438. The highest BCUT2D eigenvalue weighted by Gasteiger charge is 2.15. The van der Waals surface area contributed by atoms with Crippen molar-refractivity contribution in [2.45, 2.75) is 33.1 Å². The zero-order chi connectivity index (χ0) is 13.6. The average molecular weight is 253 g/mol. The van der Waals surface area contributed by atoms with Crippen LogP contribution in [0.4, 0.5) is 8.78 Å². The molecule has 0 unspecified atom stereocenters. The minimum atomic E-state index is -0.949. The number of rotatable bonds is 6. The van der Waals surface area contributed by atoms with Crippen LogP contribution in [0.1, 0.15) is 33.1 Å². The highest BCUT2D eigenvalue weighted by Crippen LogP contribution is 2.22. The van der Waals surface area contributed by atoms with Crippen LogP contribution >= 0.6 is 0 Å². The Kier molecular flexibility index (Phi) is 5.08. The first-order valence-electron chi connectivity index (χ1n) is 5.94. The molecule has 0 aliphatic heterocycles. The first kappa shape index (κ1) is 14.4. The summed E-state index contributed by atoms with van der Waals surface area (Å²) in [6.45, 7) is 4.07. The smallest absolute Gasteiger partial charge is 0.200 e. The molecular formula is C14H17F2NO. The first-order chi connectivity index (χ1) is 8.46. The van der Waals surface area contributed by atoms with E-state index in [1.54, 1.807) is 0 Å². The van der Waals surface area contributed by atoms with E-state index in [1.807, 2.05) is 13.8 Å². The molecule has 18 heavy (non-hydrogen) atoms. The molecule has 0 heterocycles. The number of hydrogen-bond acceptors (Lipinski definition) is 2. The van der Waals surface area contributed by atoms with Gasteiger partial charge in [-0.15, -0.1) is 0 Å². The summed E-state index contributed by atoms with van der Waals surface area (Å²) in [5.74, 6) is -1.91. The largest absolute Gasteiger partial charge is 0.490 e. The monoisotopic (exact) mass is 253 g/mol. The predicted octanol–water partition coefficient (Wildman–Crippen LogP) is 4.06. The zero-order valence-corrected chi connectivity index (χ0v) is 10.7. The summed E-state index contributed by atoms with van der Waals surface area (Å²) in [5.41, 5.74) is -0.343. The second-order valence-corrected chi connectivity index (χ2v) is 4.85. The molecule has 0 N–H and O–H groups in total. The Morgan fingerprint density at radius 1 is 1.28 bits per heavy atom. The normalized spacial score (nSPS) is 11.1. The SMILES string of the molecule is CC(C)(C#N)CCCCOc1cccc(F)c1F. The van der Waals surface area contributed by atoms with Crippen LogP contribution in [0.2, 0.25) is 0 Å². The van der Waals surface area contributed by atoms with Crippen molar-refractivity contribution < 1.29 is 13.5 Å². The van der Waals surface area contributed by atoms with Gasteiger partial charge in [-0.2, -0.15) is 9.65 Å². The summed E-state index contributed by atoms with van der Waals surface area (Å²) in [4.78, 5) is 0. The molecule has 4 heteroatoms. The Morgan fingerprint density at radius 3 is 2.67 bits per heavy atom. The van der Waals surface area contributed by atoms with Crippen molar-refractivity contribution in [3.05, 3.63) is 29.8 Å². The Labute approximate surface area is 106 Å². The number of ether oxygens (including phenoxy) is 1. The molecule has 0 amide bonds. The molecule has 1 aromatic rings. The van der Waals surface area contributed by atoms with Gasteiger partial charge in [-0.1, -0.05) is 6.07 Å². The van der Waals surface area contributed by atoms with Gasteiger partial charge in [-0.25, -0.2) is 4.39 Å². The van der Waals surface area contributed by atoms with Crippen molar-refractivity contribution in [3.8, 4) is 11.8 Å². The van der Waals surface area contributed by atoms with Crippen molar-refractivity contribution in [2.24, 2.45) is 5.41 Å². The Hall–Kier alpha value is -1.63. The summed E-state index contributed by atoms with van der Waals surface area (Å²) >= 11 is 0. The maximum atomic E-state index is 13.2. The van der Waals surface area contributed by atoms with Gasteiger partial charge in [0, 0.05) is 0 Å². The van der Waals surface area contributed by atoms with Crippen LogP contribution in [-0.2, 0) is 0 Å².